The standard InChI is InChI=1S/C28H33N5O3/c1-28(2,3)20-9-12-22(13-10-20)33(27(35)23-8-6-16-30-23)25(19-7-5-15-29-17-19)26(34)32-21-11-14-24(36-4)31-18-21/h5,7,9-15,17-18,23,25,30H,6,8,16H2,1-4H3,(H,32,34)/t23-,25?/m1/s1. The maximum atomic E-state index is 13.9. The number of rotatable bonds is 7. The molecule has 8 heteroatoms. The first-order chi connectivity index (χ1) is 17.3. The minimum atomic E-state index is -0.934. The van der Waals surface area contributed by atoms with Crippen LogP contribution in [0.1, 0.15) is 50.8 Å². The summed E-state index contributed by atoms with van der Waals surface area (Å²) in [5, 5.41) is 6.21. The fourth-order valence-corrected chi connectivity index (χ4v) is 4.33. The zero-order valence-corrected chi connectivity index (χ0v) is 21.2. The largest absolute Gasteiger partial charge is 0.481 e. The predicted molar refractivity (Wildman–Crippen MR) is 140 cm³/mol. The molecule has 1 unspecified atom stereocenters. The number of nitrogens with zero attached hydrogens (tertiary/aromatic N) is 3. The fraction of sp³-hybridized carbons (Fsp3) is 0.357. The molecule has 1 aliphatic rings. The van der Waals surface area contributed by atoms with E-state index in [0.29, 0.717) is 22.8 Å². The molecule has 0 aliphatic carbocycles. The lowest BCUT2D eigenvalue weighted by atomic mass is 9.87. The Balaban J connectivity index is 1.76. The van der Waals surface area contributed by atoms with Crippen LogP contribution in [0.3, 0.4) is 0 Å². The van der Waals surface area contributed by atoms with Gasteiger partial charge in [0.1, 0.15) is 6.04 Å². The molecule has 0 saturated carbocycles. The number of carbonyl (C=O) groups is 2. The molecule has 36 heavy (non-hydrogen) atoms. The third-order valence-corrected chi connectivity index (χ3v) is 6.33. The molecule has 1 aliphatic heterocycles. The number of carbonyl (C=O) groups excluding carboxylic acids is 2. The van der Waals surface area contributed by atoms with E-state index in [2.05, 4.69) is 41.4 Å². The van der Waals surface area contributed by atoms with Gasteiger partial charge >= 0.3 is 0 Å². The number of hydrogen-bond donors (Lipinski definition) is 2. The Morgan fingerprint density at radius 2 is 1.89 bits per heavy atom. The number of methoxy groups -OCH3 is 1. The molecule has 3 aromatic rings. The average molecular weight is 488 g/mol. The molecule has 2 atom stereocenters. The van der Waals surface area contributed by atoms with E-state index in [9.17, 15) is 9.59 Å². The van der Waals surface area contributed by atoms with Crippen LogP contribution in [0.2, 0.25) is 0 Å². The van der Waals surface area contributed by atoms with E-state index in [0.717, 1.165) is 24.9 Å². The lowest BCUT2D eigenvalue weighted by Crippen LogP contribution is -2.48. The van der Waals surface area contributed by atoms with Crippen LogP contribution in [0.5, 0.6) is 5.88 Å². The van der Waals surface area contributed by atoms with Gasteiger partial charge in [-0.2, -0.15) is 0 Å². The van der Waals surface area contributed by atoms with E-state index in [1.165, 1.54) is 13.3 Å². The predicted octanol–water partition coefficient (Wildman–Crippen LogP) is 4.25. The van der Waals surface area contributed by atoms with Crippen molar-refractivity contribution in [3.63, 3.8) is 0 Å². The minimum absolute atomic E-state index is 0.0398. The fourth-order valence-electron chi connectivity index (χ4n) is 4.33. The first-order valence-electron chi connectivity index (χ1n) is 12.2. The molecule has 2 aromatic heterocycles. The van der Waals surface area contributed by atoms with Crippen LogP contribution < -0.4 is 20.3 Å². The highest BCUT2D eigenvalue weighted by molar-refractivity contribution is 6.07. The van der Waals surface area contributed by atoms with Gasteiger partial charge in [-0.3, -0.25) is 19.5 Å². The van der Waals surface area contributed by atoms with E-state index in [-0.39, 0.29) is 23.3 Å². The zero-order chi connectivity index (χ0) is 25.7. The Labute approximate surface area is 212 Å². The van der Waals surface area contributed by atoms with Crippen molar-refractivity contribution in [1.82, 2.24) is 15.3 Å². The van der Waals surface area contributed by atoms with Crippen molar-refractivity contribution in [2.24, 2.45) is 0 Å². The van der Waals surface area contributed by atoms with Crippen LogP contribution in [-0.4, -0.2) is 41.5 Å². The van der Waals surface area contributed by atoms with Crippen molar-refractivity contribution >= 4 is 23.2 Å². The van der Waals surface area contributed by atoms with Gasteiger partial charge in [0.25, 0.3) is 5.91 Å². The van der Waals surface area contributed by atoms with Gasteiger partial charge in [0.2, 0.25) is 11.8 Å². The Kier molecular flexibility index (Phi) is 7.64. The third kappa shape index (κ3) is 5.71. The van der Waals surface area contributed by atoms with Crippen LogP contribution in [0, 0.1) is 0 Å². The summed E-state index contributed by atoms with van der Waals surface area (Å²) in [7, 11) is 1.53. The van der Waals surface area contributed by atoms with Crippen molar-refractivity contribution in [3.05, 3.63) is 78.2 Å². The van der Waals surface area contributed by atoms with Crippen molar-refractivity contribution in [2.45, 2.75) is 51.1 Å². The highest BCUT2D eigenvalue weighted by Crippen LogP contribution is 2.32. The first-order valence-corrected chi connectivity index (χ1v) is 12.2. The maximum absolute atomic E-state index is 13.9. The van der Waals surface area contributed by atoms with Gasteiger partial charge < -0.3 is 15.4 Å². The number of pyridine rings is 2. The van der Waals surface area contributed by atoms with Crippen LogP contribution in [0.25, 0.3) is 0 Å². The summed E-state index contributed by atoms with van der Waals surface area (Å²) in [6, 6.07) is 13.5. The van der Waals surface area contributed by atoms with E-state index in [1.807, 2.05) is 30.3 Å². The van der Waals surface area contributed by atoms with Gasteiger partial charge in [-0.05, 0) is 54.6 Å². The van der Waals surface area contributed by atoms with E-state index >= 15 is 0 Å². The molecule has 0 radical (unpaired) electrons. The van der Waals surface area contributed by atoms with Gasteiger partial charge in [-0.15, -0.1) is 0 Å². The highest BCUT2D eigenvalue weighted by atomic mass is 16.5. The number of amides is 2. The van der Waals surface area contributed by atoms with E-state index in [4.69, 9.17) is 4.74 Å². The topological polar surface area (TPSA) is 96.5 Å². The number of benzene rings is 1. The van der Waals surface area contributed by atoms with Crippen LogP contribution in [0.4, 0.5) is 11.4 Å². The molecule has 1 aromatic carbocycles. The van der Waals surface area contributed by atoms with Gasteiger partial charge in [0.15, 0.2) is 0 Å². The Morgan fingerprint density at radius 1 is 1.11 bits per heavy atom. The zero-order valence-electron chi connectivity index (χ0n) is 21.2. The molecule has 1 saturated heterocycles. The number of nitrogens with one attached hydrogen (secondary N) is 2. The Hall–Kier alpha value is -3.78. The van der Waals surface area contributed by atoms with Crippen molar-refractivity contribution in [2.75, 3.05) is 23.9 Å². The Morgan fingerprint density at radius 3 is 2.44 bits per heavy atom. The van der Waals surface area contributed by atoms with Crippen molar-refractivity contribution < 1.29 is 14.3 Å². The molecule has 8 nitrogen and oxygen atoms in total. The summed E-state index contributed by atoms with van der Waals surface area (Å²) in [5.74, 6) is -0.0612. The summed E-state index contributed by atoms with van der Waals surface area (Å²) in [6.45, 7) is 7.20. The highest BCUT2D eigenvalue weighted by Gasteiger charge is 2.37. The smallest absolute Gasteiger partial charge is 0.252 e. The molecular formula is C28H33N5O3. The summed E-state index contributed by atoms with van der Waals surface area (Å²) in [6.07, 6.45) is 6.44. The normalized spacial score (nSPS) is 16.3. The second-order valence-corrected chi connectivity index (χ2v) is 9.92. The molecule has 188 valence electrons. The number of hydrogen-bond acceptors (Lipinski definition) is 6. The van der Waals surface area contributed by atoms with Crippen LogP contribution in [0.15, 0.2) is 67.1 Å². The molecule has 2 N–H and O–H groups in total. The maximum Gasteiger partial charge on any atom is 0.252 e. The SMILES string of the molecule is COc1ccc(NC(=O)C(c2cccnc2)N(C(=O)[C@H]2CCCN2)c2ccc(C(C)(C)C)cc2)cn1. The molecule has 4 rings (SSSR count). The molecule has 0 spiro atoms. The van der Waals surface area contributed by atoms with Gasteiger partial charge in [-0.25, -0.2) is 4.98 Å². The van der Waals surface area contributed by atoms with E-state index < -0.39 is 6.04 Å². The second-order valence-electron chi connectivity index (χ2n) is 9.92. The number of ether oxygens (including phenoxy) is 1. The molecule has 1 fully saturated rings. The molecule has 0 bridgehead atoms. The van der Waals surface area contributed by atoms with Gasteiger partial charge in [0.05, 0.1) is 25.0 Å². The van der Waals surface area contributed by atoms with Gasteiger partial charge in [-0.1, -0.05) is 39.0 Å². The molecular weight excluding hydrogens is 454 g/mol. The quantitative estimate of drug-likeness (QED) is 0.517. The van der Waals surface area contributed by atoms with Crippen LogP contribution >= 0.6 is 0 Å². The number of anilines is 2. The second kappa shape index (κ2) is 10.9. The lowest BCUT2D eigenvalue weighted by molar-refractivity contribution is -0.124. The number of aromatic nitrogens is 2. The third-order valence-electron chi connectivity index (χ3n) is 6.33. The molecule has 2 amide bonds. The summed E-state index contributed by atoms with van der Waals surface area (Å²) < 4.78 is 5.12. The monoisotopic (exact) mass is 487 g/mol. The van der Waals surface area contributed by atoms with Crippen molar-refractivity contribution in [3.8, 4) is 5.88 Å². The van der Waals surface area contributed by atoms with Crippen molar-refractivity contribution in [1.29, 1.82) is 0 Å². The minimum Gasteiger partial charge on any atom is -0.481 e. The first kappa shape index (κ1) is 25.3. The summed E-state index contributed by atoms with van der Waals surface area (Å²) in [4.78, 5) is 37.7. The molecule has 3 heterocycles. The summed E-state index contributed by atoms with van der Waals surface area (Å²) >= 11 is 0. The van der Waals surface area contributed by atoms with Gasteiger partial charge in [0, 0.05) is 29.7 Å². The Bertz CT molecular complexity index is 1170. The summed E-state index contributed by atoms with van der Waals surface area (Å²) in [5.41, 5.74) is 2.87. The van der Waals surface area contributed by atoms with Crippen LogP contribution in [-0.2, 0) is 15.0 Å². The lowest BCUT2D eigenvalue weighted by Gasteiger charge is -2.33. The van der Waals surface area contributed by atoms with E-state index in [1.54, 1.807) is 35.5 Å². The average Bonchev–Trinajstić information content (AvgIpc) is 3.42.